The van der Waals surface area contributed by atoms with Gasteiger partial charge in [0.2, 0.25) is 0 Å². The van der Waals surface area contributed by atoms with Gasteiger partial charge in [0, 0.05) is 17.1 Å². The number of carboxylic acids is 2. The van der Waals surface area contributed by atoms with E-state index in [1.807, 2.05) is 59.5 Å². The van der Waals surface area contributed by atoms with Crippen molar-refractivity contribution < 1.29 is 19.8 Å². The molecule has 0 bridgehead atoms. The molecule has 0 aromatic heterocycles. The Labute approximate surface area is 190 Å². The van der Waals surface area contributed by atoms with Crippen molar-refractivity contribution in [1.82, 2.24) is 0 Å². The molecular weight excluding hydrogens is 418 g/mol. The molecule has 0 radical (unpaired) electrons. The average molecular weight is 435 g/mol. The molecule has 0 saturated heterocycles. The van der Waals surface area contributed by atoms with Crippen molar-refractivity contribution in [2.75, 3.05) is 4.90 Å². The Kier molecular flexibility index (Phi) is 7.00. The van der Waals surface area contributed by atoms with Gasteiger partial charge in [-0.25, -0.2) is 9.64 Å². The molecule has 0 aliphatic rings. The number of anilines is 3. The summed E-state index contributed by atoms with van der Waals surface area (Å²) >= 11 is 0. The number of nitriles is 1. The van der Waals surface area contributed by atoms with E-state index in [4.69, 9.17) is 22.0 Å². The first-order valence-corrected chi connectivity index (χ1v) is 9.66. The molecule has 160 valence electrons. The number of aliphatic carboxylic acids is 2. The number of hydrogen-bond acceptors (Lipinski definition) is 4. The molecule has 7 heteroatoms. The Morgan fingerprint density at radius 1 is 0.788 bits per heavy atom. The van der Waals surface area contributed by atoms with Crippen LogP contribution in [0, 0.1) is 17.9 Å². The maximum absolute atomic E-state index is 11.1. The Morgan fingerprint density at radius 3 is 1.70 bits per heavy atom. The second-order valence-electron chi connectivity index (χ2n) is 6.78. The van der Waals surface area contributed by atoms with Crippen molar-refractivity contribution in [1.29, 1.82) is 5.26 Å². The minimum Gasteiger partial charge on any atom is -0.486 e. The van der Waals surface area contributed by atoms with Crippen LogP contribution in [-0.4, -0.2) is 22.2 Å². The molecule has 7 nitrogen and oxygen atoms in total. The smallest absolute Gasteiger partial charge is 0.346 e. The van der Waals surface area contributed by atoms with E-state index in [9.17, 15) is 9.59 Å². The molecular formula is C26H17N3O4. The van der Waals surface area contributed by atoms with Gasteiger partial charge in [0.15, 0.2) is 0 Å². The van der Waals surface area contributed by atoms with Crippen molar-refractivity contribution in [3.63, 3.8) is 0 Å². The quantitative estimate of drug-likeness (QED) is 0.289. The van der Waals surface area contributed by atoms with E-state index < -0.39 is 11.9 Å². The van der Waals surface area contributed by atoms with Gasteiger partial charge in [-0.2, -0.15) is 5.26 Å². The summed E-state index contributed by atoms with van der Waals surface area (Å²) in [5, 5.41) is 27.1. The number of nitrogens with zero attached hydrogens (tertiary/aromatic N) is 3. The Morgan fingerprint density at radius 2 is 1.27 bits per heavy atom. The van der Waals surface area contributed by atoms with Gasteiger partial charge in [0.25, 0.3) is 5.70 Å². The van der Waals surface area contributed by atoms with E-state index in [0.29, 0.717) is 11.1 Å². The topological polar surface area (TPSA) is 106 Å². The lowest BCUT2D eigenvalue weighted by molar-refractivity contribution is -0.133. The van der Waals surface area contributed by atoms with Crippen LogP contribution in [0.15, 0.2) is 90.1 Å². The molecule has 2 N–H and O–H groups in total. The number of carbonyl (C=O) groups is 2. The molecule has 0 spiro atoms. The van der Waals surface area contributed by atoms with E-state index in [1.54, 1.807) is 30.3 Å². The highest BCUT2D eigenvalue weighted by Gasteiger charge is 2.13. The second-order valence-corrected chi connectivity index (χ2v) is 6.78. The summed E-state index contributed by atoms with van der Waals surface area (Å²) in [7, 11) is 0. The summed E-state index contributed by atoms with van der Waals surface area (Å²) in [5.41, 5.74) is 2.90. The SMILES string of the molecule is [C-]#[N+]/C(=C\c1ccc(N(c2ccccc2)c2ccc(/C=C(\C#N)C(=O)O)cc2)cc1)C(=O)O. The first-order chi connectivity index (χ1) is 15.9. The molecule has 0 fully saturated rings. The maximum Gasteiger partial charge on any atom is 0.346 e. The summed E-state index contributed by atoms with van der Waals surface area (Å²) in [4.78, 5) is 27.2. The van der Waals surface area contributed by atoms with Gasteiger partial charge in [-0.05, 0) is 59.7 Å². The van der Waals surface area contributed by atoms with Gasteiger partial charge < -0.3 is 15.1 Å². The van der Waals surface area contributed by atoms with Crippen LogP contribution in [0.2, 0.25) is 0 Å². The third kappa shape index (κ3) is 5.52. The zero-order valence-corrected chi connectivity index (χ0v) is 17.2. The molecule has 33 heavy (non-hydrogen) atoms. The highest BCUT2D eigenvalue weighted by Crippen LogP contribution is 2.34. The molecule has 0 aliphatic heterocycles. The Balaban J connectivity index is 2.01. The molecule has 0 amide bonds. The standard InChI is InChI=1S/C26H17N3O4/c1-28-24(26(32)33)16-19-9-13-23(14-10-19)29(21-5-3-2-4-6-21)22-11-7-18(8-12-22)15-20(17-27)25(30)31/h2-16H,(H,30,31)(H,32,33)/b20-15+,24-16-. The van der Waals surface area contributed by atoms with Gasteiger partial charge in [0.1, 0.15) is 11.6 Å². The van der Waals surface area contributed by atoms with Crippen molar-refractivity contribution in [2.45, 2.75) is 0 Å². The summed E-state index contributed by atoms with van der Waals surface area (Å²) in [6.45, 7) is 6.98. The van der Waals surface area contributed by atoms with Crippen LogP contribution in [0.1, 0.15) is 11.1 Å². The van der Waals surface area contributed by atoms with Crippen molar-refractivity contribution in [2.24, 2.45) is 0 Å². The molecule has 0 aliphatic carbocycles. The summed E-state index contributed by atoms with van der Waals surface area (Å²) in [6, 6.07) is 25.4. The third-order valence-electron chi connectivity index (χ3n) is 4.62. The number of benzene rings is 3. The lowest BCUT2D eigenvalue weighted by Gasteiger charge is -2.25. The largest absolute Gasteiger partial charge is 0.486 e. The zero-order chi connectivity index (χ0) is 23.8. The molecule has 0 unspecified atom stereocenters. The van der Waals surface area contributed by atoms with E-state index in [0.717, 1.165) is 17.1 Å². The minimum absolute atomic E-state index is 0.355. The van der Waals surface area contributed by atoms with Crippen molar-refractivity contribution in [3.05, 3.63) is 113 Å². The van der Waals surface area contributed by atoms with Gasteiger partial charge >= 0.3 is 11.9 Å². The van der Waals surface area contributed by atoms with Crippen LogP contribution in [-0.2, 0) is 9.59 Å². The van der Waals surface area contributed by atoms with Gasteiger partial charge in [-0.1, -0.05) is 42.5 Å². The fraction of sp³-hybridized carbons (Fsp3) is 0. The molecule has 0 heterocycles. The van der Waals surface area contributed by atoms with Crippen LogP contribution in [0.3, 0.4) is 0 Å². The maximum atomic E-state index is 11.1. The normalized spacial score (nSPS) is 11.2. The first kappa shape index (κ1) is 22.5. The van der Waals surface area contributed by atoms with E-state index in [-0.39, 0.29) is 11.3 Å². The lowest BCUT2D eigenvalue weighted by Crippen LogP contribution is -2.09. The lowest BCUT2D eigenvalue weighted by atomic mass is 10.1. The predicted molar refractivity (Wildman–Crippen MR) is 125 cm³/mol. The minimum atomic E-state index is -1.29. The first-order valence-electron chi connectivity index (χ1n) is 9.66. The van der Waals surface area contributed by atoms with Crippen LogP contribution >= 0.6 is 0 Å². The van der Waals surface area contributed by atoms with Gasteiger partial charge in [-0.3, -0.25) is 4.79 Å². The van der Waals surface area contributed by atoms with Crippen LogP contribution in [0.4, 0.5) is 17.1 Å². The predicted octanol–water partition coefficient (Wildman–Crippen LogP) is 5.49. The van der Waals surface area contributed by atoms with E-state index in [1.165, 1.54) is 12.2 Å². The van der Waals surface area contributed by atoms with E-state index >= 15 is 0 Å². The van der Waals surface area contributed by atoms with Gasteiger partial charge in [-0.15, -0.1) is 0 Å². The van der Waals surface area contributed by atoms with Crippen LogP contribution in [0.25, 0.3) is 17.0 Å². The number of carboxylic acid groups (broad SMARTS) is 2. The third-order valence-corrected chi connectivity index (χ3v) is 4.62. The van der Waals surface area contributed by atoms with Gasteiger partial charge in [0.05, 0.1) is 6.57 Å². The molecule has 3 rings (SSSR count). The number of rotatable bonds is 7. The second kappa shape index (κ2) is 10.3. The summed E-state index contributed by atoms with van der Waals surface area (Å²) < 4.78 is 0. The average Bonchev–Trinajstić information content (AvgIpc) is 2.83. The highest BCUT2D eigenvalue weighted by atomic mass is 16.4. The summed E-state index contributed by atoms with van der Waals surface area (Å²) in [6.07, 6.45) is 2.61. The number of hydrogen-bond donors (Lipinski definition) is 2. The molecule has 0 atom stereocenters. The summed E-state index contributed by atoms with van der Waals surface area (Å²) in [5.74, 6) is -2.57. The Hall–Kier alpha value is -5.14. The molecule has 0 saturated carbocycles. The fourth-order valence-corrected chi connectivity index (χ4v) is 3.07. The number of para-hydroxylation sites is 1. The monoisotopic (exact) mass is 435 g/mol. The Bertz CT molecular complexity index is 1230. The zero-order valence-electron chi connectivity index (χ0n) is 17.2. The van der Waals surface area contributed by atoms with E-state index in [2.05, 4.69) is 4.85 Å². The van der Waals surface area contributed by atoms with Crippen molar-refractivity contribution in [3.8, 4) is 6.07 Å². The van der Waals surface area contributed by atoms with Crippen molar-refractivity contribution >= 4 is 41.2 Å². The fourth-order valence-electron chi connectivity index (χ4n) is 3.07. The molecule has 3 aromatic carbocycles. The van der Waals surface area contributed by atoms with Crippen LogP contribution < -0.4 is 4.90 Å². The van der Waals surface area contributed by atoms with Crippen LogP contribution in [0.5, 0.6) is 0 Å². The highest BCUT2D eigenvalue weighted by molar-refractivity contribution is 5.96. The molecule has 3 aromatic rings.